The Hall–Kier alpha value is -1.88. The van der Waals surface area contributed by atoms with E-state index in [2.05, 4.69) is 17.1 Å². The van der Waals surface area contributed by atoms with Crippen molar-refractivity contribution in [2.24, 2.45) is 5.92 Å². The molecule has 1 aromatic heterocycles. The van der Waals surface area contributed by atoms with Crippen molar-refractivity contribution in [2.75, 3.05) is 6.61 Å². The van der Waals surface area contributed by atoms with E-state index in [1.54, 1.807) is 0 Å². The third-order valence-corrected chi connectivity index (χ3v) is 5.85. The summed E-state index contributed by atoms with van der Waals surface area (Å²) in [6, 6.07) is 8.56. The molecule has 2 aliphatic carbocycles. The quantitative estimate of drug-likeness (QED) is 0.737. The molecule has 2 saturated carbocycles. The highest BCUT2D eigenvalue weighted by Gasteiger charge is 2.33. The van der Waals surface area contributed by atoms with Crippen molar-refractivity contribution in [1.29, 1.82) is 0 Å². The second-order valence-electron chi connectivity index (χ2n) is 7.17. The Kier molecular flexibility index (Phi) is 4.75. The van der Waals surface area contributed by atoms with Gasteiger partial charge in [0.05, 0.1) is 11.6 Å². The van der Waals surface area contributed by atoms with E-state index in [4.69, 9.17) is 4.74 Å². The van der Waals surface area contributed by atoms with Gasteiger partial charge in [-0.05, 0) is 56.2 Å². The molecule has 5 heteroatoms. The number of amides is 1. The molecule has 0 bridgehead atoms. The van der Waals surface area contributed by atoms with Crippen molar-refractivity contribution in [3.63, 3.8) is 0 Å². The molecule has 0 aliphatic heterocycles. The minimum Gasteiger partial charge on any atom is -0.493 e. The molecule has 0 unspecified atom stereocenters. The number of ether oxygens (including phenoxy) is 1. The molecule has 1 heterocycles. The average molecular weight is 356 g/mol. The fourth-order valence-electron chi connectivity index (χ4n) is 3.12. The molecular weight excluding hydrogens is 332 g/mol. The zero-order valence-corrected chi connectivity index (χ0v) is 15.4. The monoisotopic (exact) mass is 356 g/mol. The largest absolute Gasteiger partial charge is 0.493 e. The lowest BCUT2D eigenvalue weighted by Crippen LogP contribution is -2.32. The molecule has 4 nitrogen and oxygen atoms in total. The number of benzene rings is 1. The Morgan fingerprint density at radius 3 is 2.56 bits per heavy atom. The molecular formula is C20H24N2O2S. The van der Waals surface area contributed by atoms with E-state index in [-0.39, 0.29) is 5.91 Å². The zero-order chi connectivity index (χ0) is 17.2. The Balaban J connectivity index is 1.39. The van der Waals surface area contributed by atoms with Gasteiger partial charge in [-0.25, -0.2) is 4.98 Å². The number of carbonyl (C=O) groups is 1. The summed E-state index contributed by atoms with van der Waals surface area (Å²) < 4.78 is 5.86. The fraction of sp³-hybridized carbons (Fsp3) is 0.500. The van der Waals surface area contributed by atoms with Crippen molar-refractivity contribution in [3.05, 3.63) is 45.9 Å². The van der Waals surface area contributed by atoms with E-state index in [9.17, 15) is 4.79 Å². The molecule has 0 radical (unpaired) electrons. The van der Waals surface area contributed by atoms with E-state index in [0.717, 1.165) is 41.7 Å². The molecule has 2 aromatic rings. The number of hydrogen-bond donors (Lipinski definition) is 0. The van der Waals surface area contributed by atoms with Gasteiger partial charge in [-0.15, -0.1) is 11.3 Å². The van der Waals surface area contributed by atoms with Gasteiger partial charge in [-0.2, -0.15) is 0 Å². The summed E-state index contributed by atoms with van der Waals surface area (Å²) >= 11 is 1.53. The number of rotatable bonds is 7. The summed E-state index contributed by atoms with van der Waals surface area (Å²) in [4.78, 5) is 19.1. The van der Waals surface area contributed by atoms with Gasteiger partial charge >= 0.3 is 0 Å². The van der Waals surface area contributed by atoms with Crippen LogP contribution in [0.4, 0.5) is 0 Å². The first-order valence-electron chi connectivity index (χ1n) is 9.14. The van der Waals surface area contributed by atoms with Crippen molar-refractivity contribution < 1.29 is 9.53 Å². The van der Waals surface area contributed by atoms with Crippen LogP contribution in [0.25, 0.3) is 0 Å². The SMILES string of the molecule is Cc1nc(C(=O)N(Cc2ccc(OCC3CCC3)cc2)C2CC2)cs1. The first-order valence-corrected chi connectivity index (χ1v) is 10.0. The standard InChI is InChI=1S/C20H24N2O2S/c1-14-21-19(13-25-14)20(23)22(17-7-8-17)11-15-5-9-18(10-6-15)24-12-16-3-2-4-16/h5-6,9-10,13,16-17H,2-4,7-8,11-12H2,1H3. The molecule has 1 aromatic carbocycles. The van der Waals surface area contributed by atoms with E-state index in [1.165, 1.54) is 30.6 Å². The smallest absolute Gasteiger partial charge is 0.273 e. The van der Waals surface area contributed by atoms with Crippen molar-refractivity contribution in [3.8, 4) is 5.75 Å². The molecule has 2 aliphatic rings. The Bertz CT molecular complexity index is 732. The summed E-state index contributed by atoms with van der Waals surface area (Å²) in [5, 5.41) is 2.80. The van der Waals surface area contributed by atoms with Crippen LogP contribution >= 0.6 is 11.3 Å². The molecule has 0 atom stereocenters. The number of aryl methyl sites for hydroxylation is 1. The molecule has 0 N–H and O–H groups in total. The molecule has 0 spiro atoms. The number of thiazole rings is 1. The van der Waals surface area contributed by atoms with Gasteiger partial charge in [-0.1, -0.05) is 18.6 Å². The van der Waals surface area contributed by atoms with Crippen molar-refractivity contribution >= 4 is 17.2 Å². The van der Waals surface area contributed by atoms with Gasteiger partial charge in [0.25, 0.3) is 5.91 Å². The maximum Gasteiger partial charge on any atom is 0.273 e. The highest BCUT2D eigenvalue weighted by molar-refractivity contribution is 7.09. The van der Waals surface area contributed by atoms with Crippen molar-refractivity contribution in [1.82, 2.24) is 9.88 Å². The second-order valence-corrected chi connectivity index (χ2v) is 8.23. The van der Waals surface area contributed by atoms with Gasteiger partial charge in [0.15, 0.2) is 0 Å². The summed E-state index contributed by atoms with van der Waals surface area (Å²) in [6.07, 6.45) is 6.13. The summed E-state index contributed by atoms with van der Waals surface area (Å²) in [5.41, 5.74) is 1.72. The Morgan fingerprint density at radius 2 is 2.00 bits per heavy atom. The van der Waals surface area contributed by atoms with Crippen LogP contribution in [0.1, 0.15) is 53.2 Å². The van der Waals surface area contributed by atoms with E-state index < -0.39 is 0 Å². The van der Waals surface area contributed by atoms with Crippen LogP contribution in [0.15, 0.2) is 29.6 Å². The summed E-state index contributed by atoms with van der Waals surface area (Å²) in [6.45, 7) is 3.41. The summed E-state index contributed by atoms with van der Waals surface area (Å²) in [5.74, 6) is 1.72. The maximum absolute atomic E-state index is 12.8. The van der Waals surface area contributed by atoms with Crippen LogP contribution < -0.4 is 4.74 Å². The van der Waals surface area contributed by atoms with E-state index in [1.807, 2.05) is 29.3 Å². The molecule has 132 valence electrons. The van der Waals surface area contributed by atoms with Crippen LogP contribution in [0, 0.1) is 12.8 Å². The molecule has 1 amide bonds. The molecule has 4 rings (SSSR count). The number of nitrogens with zero attached hydrogens (tertiary/aromatic N) is 2. The predicted octanol–water partition coefficient (Wildman–Crippen LogP) is 4.44. The number of aromatic nitrogens is 1. The van der Waals surface area contributed by atoms with Crippen LogP contribution in [0.3, 0.4) is 0 Å². The molecule has 25 heavy (non-hydrogen) atoms. The molecule has 2 fully saturated rings. The third-order valence-electron chi connectivity index (χ3n) is 5.07. The van der Waals surface area contributed by atoms with E-state index >= 15 is 0 Å². The fourth-order valence-corrected chi connectivity index (χ4v) is 3.71. The van der Waals surface area contributed by atoms with Gasteiger partial charge < -0.3 is 9.64 Å². The first kappa shape index (κ1) is 16.6. The lowest BCUT2D eigenvalue weighted by molar-refractivity contribution is 0.0724. The summed E-state index contributed by atoms with van der Waals surface area (Å²) in [7, 11) is 0. The number of carbonyl (C=O) groups excluding carboxylic acids is 1. The highest BCUT2D eigenvalue weighted by atomic mass is 32.1. The minimum absolute atomic E-state index is 0.0529. The van der Waals surface area contributed by atoms with Gasteiger partial charge in [0.1, 0.15) is 11.4 Å². The maximum atomic E-state index is 12.8. The average Bonchev–Trinajstić information content (AvgIpc) is 3.32. The first-order chi connectivity index (χ1) is 12.2. The van der Waals surface area contributed by atoms with Gasteiger partial charge in [0, 0.05) is 18.0 Å². The van der Waals surface area contributed by atoms with Crippen LogP contribution in [0.5, 0.6) is 5.75 Å². The molecule has 0 saturated heterocycles. The third kappa shape index (κ3) is 4.03. The lowest BCUT2D eigenvalue weighted by atomic mass is 9.86. The van der Waals surface area contributed by atoms with Gasteiger partial charge in [-0.3, -0.25) is 4.79 Å². The predicted molar refractivity (Wildman–Crippen MR) is 99.0 cm³/mol. The van der Waals surface area contributed by atoms with Crippen LogP contribution in [-0.4, -0.2) is 28.4 Å². The van der Waals surface area contributed by atoms with Crippen LogP contribution in [0.2, 0.25) is 0 Å². The van der Waals surface area contributed by atoms with Crippen LogP contribution in [-0.2, 0) is 6.54 Å². The topological polar surface area (TPSA) is 42.4 Å². The zero-order valence-electron chi connectivity index (χ0n) is 14.6. The van der Waals surface area contributed by atoms with Crippen molar-refractivity contribution in [2.45, 2.75) is 51.6 Å². The Labute approximate surface area is 152 Å². The second kappa shape index (κ2) is 7.16. The van der Waals surface area contributed by atoms with E-state index in [0.29, 0.717) is 18.3 Å². The lowest BCUT2D eigenvalue weighted by Gasteiger charge is -2.25. The Morgan fingerprint density at radius 1 is 1.24 bits per heavy atom. The normalized spacial score (nSPS) is 17.2. The minimum atomic E-state index is 0.0529. The number of hydrogen-bond acceptors (Lipinski definition) is 4. The van der Waals surface area contributed by atoms with Gasteiger partial charge in [0.2, 0.25) is 0 Å². The highest BCUT2D eigenvalue weighted by Crippen LogP contribution is 2.31.